The van der Waals surface area contributed by atoms with E-state index in [1.165, 1.54) is 24.3 Å². The van der Waals surface area contributed by atoms with Gasteiger partial charge in [0.15, 0.2) is 0 Å². The van der Waals surface area contributed by atoms with Crippen molar-refractivity contribution in [3.63, 3.8) is 0 Å². The minimum Gasteiger partial charge on any atom is -0.478 e. The fourth-order valence-corrected chi connectivity index (χ4v) is 2.67. The maximum absolute atomic E-state index is 11.9. The predicted octanol–water partition coefficient (Wildman–Crippen LogP) is 0.754. The quantitative estimate of drug-likeness (QED) is 0.776. The summed E-state index contributed by atoms with van der Waals surface area (Å²) in [6, 6.07) is 5.92. The number of nitrogens with one attached hydrogen (secondary N) is 1. The monoisotopic (exact) mass is 300 g/mol. The Kier molecular flexibility index (Phi) is 5.67. The molecule has 0 aliphatic rings. The van der Waals surface area contributed by atoms with Crippen molar-refractivity contribution in [2.24, 2.45) is 0 Å². The van der Waals surface area contributed by atoms with Gasteiger partial charge in [-0.2, -0.15) is 0 Å². The van der Waals surface area contributed by atoms with Crippen molar-refractivity contribution in [3.8, 4) is 0 Å². The van der Waals surface area contributed by atoms with Crippen LogP contribution in [0.5, 0.6) is 0 Å². The predicted molar refractivity (Wildman–Crippen MR) is 77.2 cm³/mol. The molecular formula is C13H20N2O4S. The van der Waals surface area contributed by atoms with Crippen LogP contribution < -0.4 is 4.72 Å². The first kappa shape index (κ1) is 16.6. The number of rotatable bonds is 7. The van der Waals surface area contributed by atoms with Gasteiger partial charge in [-0.05, 0) is 38.7 Å². The highest BCUT2D eigenvalue weighted by Crippen LogP contribution is 2.08. The lowest BCUT2D eigenvalue weighted by Gasteiger charge is -2.19. The average Bonchev–Trinajstić information content (AvgIpc) is 2.36. The molecule has 1 unspecified atom stereocenters. The first-order valence-electron chi connectivity index (χ1n) is 6.17. The molecule has 0 bridgehead atoms. The highest BCUT2D eigenvalue weighted by Gasteiger charge is 2.14. The van der Waals surface area contributed by atoms with E-state index in [9.17, 15) is 13.2 Å². The second kappa shape index (κ2) is 6.83. The lowest BCUT2D eigenvalue weighted by Crippen LogP contribution is -2.38. The van der Waals surface area contributed by atoms with Crippen LogP contribution in [0.3, 0.4) is 0 Å². The zero-order valence-corrected chi connectivity index (χ0v) is 12.6. The molecule has 112 valence electrons. The number of aromatic carboxylic acids is 1. The Labute approximate surface area is 119 Å². The normalized spacial score (nSPS) is 13.4. The van der Waals surface area contributed by atoms with Crippen molar-refractivity contribution in [3.05, 3.63) is 35.4 Å². The third kappa shape index (κ3) is 5.28. The van der Waals surface area contributed by atoms with Gasteiger partial charge in [-0.15, -0.1) is 0 Å². The van der Waals surface area contributed by atoms with Crippen LogP contribution in [-0.4, -0.2) is 51.1 Å². The number of benzene rings is 1. The number of hydrogen-bond donors (Lipinski definition) is 2. The molecule has 1 atom stereocenters. The maximum atomic E-state index is 11.9. The van der Waals surface area contributed by atoms with E-state index in [2.05, 4.69) is 4.72 Å². The lowest BCUT2D eigenvalue weighted by molar-refractivity contribution is 0.0697. The van der Waals surface area contributed by atoms with Gasteiger partial charge in [-0.25, -0.2) is 17.9 Å². The third-order valence-corrected chi connectivity index (χ3v) is 4.36. The lowest BCUT2D eigenvalue weighted by atomic mass is 10.1. The van der Waals surface area contributed by atoms with Crippen LogP contribution in [0.25, 0.3) is 0 Å². The molecule has 20 heavy (non-hydrogen) atoms. The minimum atomic E-state index is -3.42. The third-order valence-electron chi connectivity index (χ3n) is 3.04. The first-order valence-corrected chi connectivity index (χ1v) is 7.82. The summed E-state index contributed by atoms with van der Waals surface area (Å²) in [7, 11) is 0.337. The van der Waals surface area contributed by atoms with Gasteiger partial charge in [-0.3, -0.25) is 0 Å². The van der Waals surface area contributed by atoms with Crippen molar-refractivity contribution >= 4 is 16.0 Å². The summed E-state index contributed by atoms with van der Waals surface area (Å²) in [4.78, 5) is 12.6. The molecule has 7 heteroatoms. The number of likely N-dealkylation sites (N-methyl/N-ethyl adjacent to an activating group) is 1. The molecule has 0 heterocycles. The molecule has 6 nitrogen and oxygen atoms in total. The molecule has 0 aliphatic heterocycles. The number of hydrogen-bond acceptors (Lipinski definition) is 4. The Morgan fingerprint density at radius 2 is 1.85 bits per heavy atom. The smallest absolute Gasteiger partial charge is 0.335 e. The van der Waals surface area contributed by atoms with Crippen LogP contribution in [0.2, 0.25) is 0 Å². The fraction of sp³-hybridized carbons (Fsp3) is 0.462. The summed E-state index contributed by atoms with van der Waals surface area (Å²) in [5.41, 5.74) is 0.695. The Bertz CT molecular complexity index is 552. The standard InChI is InChI=1S/C13H20N2O4S/c1-10(15(2)3)8-14-20(18,19)9-11-4-6-12(7-5-11)13(16)17/h4-7,10,14H,8-9H2,1-3H3,(H,16,17). The molecule has 0 saturated heterocycles. The van der Waals surface area contributed by atoms with Crippen LogP contribution in [0, 0.1) is 0 Å². The molecule has 0 aliphatic carbocycles. The minimum absolute atomic E-state index is 0.0964. The number of sulfonamides is 1. The average molecular weight is 300 g/mol. The molecule has 1 rings (SSSR count). The molecule has 1 aromatic carbocycles. The topological polar surface area (TPSA) is 86.7 Å². The van der Waals surface area contributed by atoms with Gasteiger partial charge in [0.05, 0.1) is 11.3 Å². The van der Waals surface area contributed by atoms with E-state index in [1.54, 1.807) is 0 Å². The summed E-state index contributed by atoms with van der Waals surface area (Å²) in [6.07, 6.45) is 0. The summed E-state index contributed by atoms with van der Waals surface area (Å²) < 4.78 is 26.3. The van der Waals surface area contributed by atoms with Gasteiger partial charge in [0.1, 0.15) is 0 Å². The van der Waals surface area contributed by atoms with E-state index in [0.29, 0.717) is 12.1 Å². The van der Waals surface area contributed by atoms with Gasteiger partial charge >= 0.3 is 5.97 Å². The molecule has 0 fully saturated rings. The fourth-order valence-electron chi connectivity index (χ4n) is 1.44. The summed E-state index contributed by atoms with van der Waals surface area (Å²) in [5, 5.41) is 8.77. The summed E-state index contributed by atoms with van der Waals surface area (Å²) in [6.45, 7) is 2.26. The van der Waals surface area contributed by atoms with Crippen molar-refractivity contribution in [2.75, 3.05) is 20.6 Å². The zero-order chi connectivity index (χ0) is 15.3. The highest BCUT2D eigenvalue weighted by atomic mass is 32.2. The van der Waals surface area contributed by atoms with E-state index >= 15 is 0 Å². The van der Waals surface area contributed by atoms with Crippen LogP contribution in [0.4, 0.5) is 0 Å². The molecule has 0 radical (unpaired) electrons. The van der Waals surface area contributed by atoms with E-state index in [0.717, 1.165) is 0 Å². The molecule has 1 aromatic rings. The van der Waals surface area contributed by atoms with Gasteiger partial charge in [0, 0.05) is 12.6 Å². The van der Waals surface area contributed by atoms with Crippen molar-refractivity contribution in [1.29, 1.82) is 0 Å². The number of carboxylic acid groups (broad SMARTS) is 1. The number of nitrogens with zero attached hydrogens (tertiary/aromatic N) is 1. The largest absolute Gasteiger partial charge is 0.478 e. The molecule has 0 spiro atoms. The maximum Gasteiger partial charge on any atom is 0.335 e. The Balaban J connectivity index is 2.64. The van der Waals surface area contributed by atoms with Crippen molar-refractivity contribution in [2.45, 2.75) is 18.7 Å². The Hall–Kier alpha value is -1.44. The van der Waals surface area contributed by atoms with Gasteiger partial charge in [0.2, 0.25) is 10.0 Å². The second-order valence-electron chi connectivity index (χ2n) is 4.92. The molecule has 0 aromatic heterocycles. The summed E-state index contributed by atoms with van der Waals surface area (Å²) in [5.74, 6) is -1.19. The second-order valence-corrected chi connectivity index (χ2v) is 6.73. The van der Waals surface area contributed by atoms with Crippen molar-refractivity contribution < 1.29 is 18.3 Å². The number of carboxylic acids is 1. The zero-order valence-electron chi connectivity index (χ0n) is 11.8. The molecular weight excluding hydrogens is 280 g/mol. The van der Waals surface area contributed by atoms with Gasteiger partial charge in [0.25, 0.3) is 0 Å². The van der Waals surface area contributed by atoms with E-state index in [4.69, 9.17) is 5.11 Å². The molecule has 0 amide bonds. The van der Waals surface area contributed by atoms with Crippen LogP contribution in [-0.2, 0) is 15.8 Å². The summed E-state index contributed by atoms with van der Waals surface area (Å²) >= 11 is 0. The Morgan fingerprint density at radius 1 is 1.30 bits per heavy atom. The van der Waals surface area contributed by atoms with Crippen LogP contribution in [0.1, 0.15) is 22.8 Å². The molecule has 0 saturated carbocycles. The SMILES string of the molecule is CC(CNS(=O)(=O)Cc1ccc(C(=O)O)cc1)N(C)C. The van der Waals surface area contributed by atoms with E-state index in [1.807, 2.05) is 25.9 Å². The molecule has 2 N–H and O–H groups in total. The van der Waals surface area contributed by atoms with E-state index < -0.39 is 16.0 Å². The van der Waals surface area contributed by atoms with Crippen LogP contribution in [0.15, 0.2) is 24.3 Å². The highest BCUT2D eigenvalue weighted by molar-refractivity contribution is 7.88. The van der Waals surface area contributed by atoms with E-state index in [-0.39, 0.29) is 17.4 Å². The van der Waals surface area contributed by atoms with Crippen LogP contribution >= 0.6 is 0 Å². The van der Waals surface area contributed by atoms with Gasteiger partial charge < -0.3 is 10.0 Å². The number of carbonyl (C=O) groups is 1. The Morgan fingerprint density at radius 3 is 2.30 bits per heavy atom. The van der Waals surface area contributed by atoms with Gasteiger partial charge in [-0.1, -0.05) is 12.1 Å². The first-order chi connectivity index (χ1) is 9.21. The van der Waals surface area contributed by atoms with Crippen molar-refractivity contribution in [1.82, 2.24) is 9.62 Å².